The van der Waals surface area contributed by atoms with Crippen LogP contribution in [0.3, 0.4) is 0 Å². The second-order valence-electron chi connectivity index (χ2n) is 6.66. The molecule has 0 amide bonds. The molecule has 0 aromatic carbocycles. The number of aromatic nitrogens is 4. The van der Waals surface area contributed by atoms with Crippen LogP contribution in [0.1, 0.15) is 29.9 Å². The zero-order valence-corrected chi connectivity index (χ0v) is 16.1. The van der Waals surface area contributed by atoms with Crippen LogP contribution in [0.15, 0.2) is 23.3 Å². The van der Waals surface area contributed by atoms with Crippen molar-refractivity contribution < 1.29 is 4.74 Å². The van der Waals surface area contributed by atoms with Gasteiger partial charge in [-0.1, -0.05) is 0 Å². The Balaban J connectivity index is 1.76. The van der Waals surface area contributed by atoms with Gasteiger partial charge in [0, 0.05) is 13.1 Å². The Morgan fingerprint density at radius 2 is 2.29 bits per heavy atom. The Hall–Kier alpha value is -3.25. The number of ether oxygens (including phenoxy) is 1. The first kappa shape index (κ1) is 19.5. The van der Waals surface area contributed by atoms with E-state index >= 15 is 0 Å². The SMILES string of the molecule is C=N/C(=C\c1c(C)ncn1C)Nc1cnc(C#N)c(OCC2CCNCC2)n1. The maximum Gasteiger partial charge on any atom is 0.253 e. The predicted molar refractivity (Wildman–Crippen MR) is 107 cm³/mol. The predicted octanol–water partition coefficient (Wildman–Crippen LogP) is 1.88. The van der Waals surface area contributed by atoms with Crippen molar-refractivity contribution in [2.24, 2.45) is 18.0 Å². The van der Waals surface area contributed by atoms with Crippen LogP contribution in [0.5, 0.6) is 5.88 Å². The molecule has 9 nitrogen and oxygen atoms in total. The number of nitrogens with one attached hydrogen (secondary N) is 2. The molecule has 2 N–H and O–H groups in total. The number of piperidine rings is 1. The van der Waals surface area contributed by atoms with Gasteiger partial charge in [0.05, 0.1) is 30.5 Å². The van der Waals surface area contributed by atoms with Gasteiger partial charge in [0.2, 0.25) is 5.69 Å². The molecule has 9 heteroatoms. The van der Waals surface area contributed by atoms with Crippen molar-refractivity contribution >= 4 is 18.6 Å². The molecule has 0 aliphatic carbocycles. The van der Waals surface area contributed by atoms with Crippen molar-refractivity contribution in [3.8, 4) is 11.9 Å². The molecule has 0 spiro atoms. The summed E-state index contributed by atoms with van der Waals surface area (Å²) in [6.07, 6.45) is 7.13. The van der Waals surface area contributed by atoms with Crippen molar-refractivity contribution in [1.29, 1.82) is 5.26 Å². The van der Waals surface area contributed by atoms with E-state index in [4.69, 9.17) is 4.74 Å². The molecular weight excluding hydrogens is 356 g/mol. The molecule has 3 rings (SSSR count). The van der Waals surface area contributed by atoms with Crippen LogP contribution in [-0.2, 0) is 7.05 Å². The zero-order valence-electron chi connectivity index (χ0n) is 16.1. The van der Waals surface area contributed by atoms with Crippen molar-refractivity contribution in [2.45, 2.75) is 19.8 Å². The quantitative estimate of drug-likeness (QED) is 0.705. The molecule has 0 bridgehead atoms. The van der Waals surface area contributed by atoms with E-state index in [2.05, 4.69) is 37.3 Å². The van der Waals surface area contributed by atoms with E-state index in [1.54, 1.807) is 6.33 Å². The fraction of sp³-hybridized carbons (Fsp3) is 0.421. The van der Waals surface area contributed by atoms with Gasteiger partial charge in [0.25, 0.3) is 5.88 Å². The van der Waals surface area contributed by atoms with E-state index in [0.717, 1.165) is 37.3 Å². The molecule has 1 aliphatic rings. The zero-order chi connectivity index (χ0) is 19.9. The number of nitrogens with zero attached hydrogens (tertiary/aromatic N) is 6. The molecule has 146 valence electrons. The third-order valence-electron chi connectivity index (χ3n) is 4.64. The number of rotatable bonds is 7. The van der Waals surface area contributed by atoms with Crippen LogP contribution >= 0.6 is 0 Å². The smallest absolute Gasteiger partial charge is 0.253 e. The van der Waals surface area contributed by atoms with Crippen LogP contribution in [0.4, 0.5) is 5.82 Å². The van der Waals surface area contributed by atoms with Crippen LogP contribution in [-0.4, -0.2) is 45.9 Å². The fourth-order valence-corrected chi connectivity index (χ4v) is 3.00. The molecule has 0 radical (unpaired) electrons. The molecule has 0 atom stereocenters. The standard InChI is InChI=1S/C19H24N8O/c1-13-16(27(3)12-24-13)8-17(21-2)25-18-10-23-15(9-20)19(26-18)28-11-14-4-6-22-7-5-14/h8,10,12,14,22H,2,4-7,11H2,1,3H3,(H,25,26)/b17-8+. The minimum Gasteiger partial charge on any atom is -0.475 e. The van der Waals surface area contributed by atoms with E-state index < -0.39 is 0 Å². The molecule has 0 saturated carbocycles. The monoisotopic (exact) mass is 380 g/mol. The van der Waals surface area contributed by atoms with Crippen molar-refractivity contribution in [3.63, 3.8) is 0 Å². The molecule has 2 aromatic rings. The van der Waals surface area contributed by atoms with Gasteiger partial charge in [-0.05, 0) is 45.5 Å². The van der Waals surface area contributed by atoms with Crippen molar-refractivity contribution in [2.75, 3.05) is 25.0 Å². The molecule has 2 aromatic heterocycles. The van der Waals surface area contributed by atoms with E-state index in [9.17, 15) is 5.26 Å². The highest BCUT2D eigenvalue weighted by Gasteiger charge is 2.16. The summed E-state index contributed by atoms with van der Waals surface area (Å²) in [6, 6.07) is 2.03. The number of imidazole rings is 1. The number of hydrogen-bond acceptors (Lipinski definition) is 8. The third-order valence-corrected chi connectivity index (χ3v) is 4.64. The Morgan fingerprint density at radius 3 is 2.93 bits per heavy atom. The lowest BCUT2D eigenvalue weighted by molar-refractivity contribution is 0.208. The van der Waals surface area contributed by atoms with Crippen LogP contribution in [0, 0.1) is 24.2 Å². The topological polar surface area (TPSA) is 113 Å². The van der Waals surface area contributed by atoms with Gasteiger partial charge in [0.15, 0.2) is 5.82 Å². The molecule has 3 heterocycles. The highest BCUT2D eigenvalue weighted by molar-refractivity contribution is 5.59. The minimum absolute atomic E-state index is 0.166. The van der Waals surface area contributed by atoms with E-state index in [1.807, 2.05) is 30.7 Å². The molecule has 1 fully saturated rings. The van der Waals surface area contributed by atoms with Gasteiger partial charge in [-0.25, -0.2) is 15.0 Å². The molecule has 0 unspecified atom stereocenters. The lowest BCUT2D eigenvalue weighted by Crippen LogP contribution is -2.30. The van der Waals surface area contributed by atoms with Gasteiger partial charge < -0.3 is 19.9 Å². The average molecular weight is 380 g/mol. The normalized spacial score (nSPS) is 15.1. The summed E-state index contributed by atoms with van der Waals surface area (Å²) in [5.41, 5.74) is 1.94. The lowest BCUT2D eigenvalue weighted by atomic mass is 9.99. The summed E-state index contributed by atoms with van der Waals surface area (Å²) in [5.74, 6) is 1.60. The highest BCUT2D eigenvalue weighted by atomic mass is 16.5. The highest BCUT2D eigenvalue weighted by Crippen LogP contribution is 2.20. The van der Waals surface area contributed by atoms with Gasteiger partial charge in [-0.3, -0.25) is 0 Å². The third kappa shape index (κ3) is 4.72. The minimum atomic E-state index is 0.166. The van der Waals surface area contributed by atoms with Gasteiger partial charge in [-0.15, -0.1) is 0 Å². The molecule has 1 saturated heterocycles. The van der Waals surface area contributed by atoms with Crippen molar-refractivity contribution in [1.82, 2.24) is 24.8 Å². The number of aryl methyl sites for hydroxylation is 2. The van der Waals surface area contributed by atoms with Crippen LogP contribution in [0.25, 0.3) is 6.08 Å². The maximum absolute atomic E-state index is 9.29. The van der Waals surface area contributed by atoms with Gasteiger partial charge in [-0.2, -0.15) is 10.2 Å². The summed E-state index contributed by atoms with van der Waals surface area (Å²) >= 11 is 0. The Labute approximate surface area is 164 Å². The van der Waals surface area contributed by atoms with Crippen molar-refractivity contribution in [3.05, 3.63) is 35.4 Å². The summed E-state index contributed by atoms with van der Waals surface area (Å²) < 4.78 is 7.71. The maximum atomic E-state index is 9.29. The number of nitriles is 1. The summed E-state index contributed by atoms with van der Waals surface area (Å²) in [7, 11) is 1.90. The Morgan fingerprint density at radius 1 is 1.50 bits per heavy atom. The summed E-state index contributed by atoms with van der Waals surface area (Å²) in [5, 5.41) is 15.7. The Bertz CT molecular complexity index is 886. The van der Waals surface area contributed by atoms with E-state index in [-0.39, 0.29) is 11.6 Å². The average Bonchev–Trinajstić information content (AvgIpc) is 3.04. The number of hydrogen-bond donors (Lipinski definition) is 2. The number of aliphatic imine (C=N–C) groups is 1. The second kappa shape index (κ2) is 9.10. The first-order chi connectivity index (χ1) is 13.6. The lowest BCUT2D eigenvalue weighted by Gasteiger charge is -2.22. The number of anilines is 1. The Kier molecular flexibility index (Phi) is 6.34. The van der Waals surface area contributed by atoms with E-state index in [0.29, 0.717) is 24.2 Å². The largest absolute Gasteiger partial charge is 0.475 e. The van der Waals surface area contributed by atoms with Crippen LogP contribution in [0.2, 0.25) is 0 Å². The summed E-state index contributed by atoms with van der Waals surface area (Å²) in [6.45, 7) is 8.01. The first-order valence-corrected chi connectivity index (χ1v) is 9.14. The first-order valence-electron chi connectivity index (χ1n) is 9.14. The molecule has 28 heavy (non-hydrogen) atoms. The summed E-state index contributed by atoms with van der Waals surface area (Å²) in [4.78, 5) is 16.8. The van der Waals surface area contributed by atoms with E-state index in [1.165, 1.54) is 6.20 Å². The molecule has 1 aliphatic heterocycles. The molecular formula is C19H24N8O. The van der Waals surface area contributed by atoms with Gasteiger partial charge in [0.1, 0.15) is 11.9 Å². The van der Waals surface area contributed by atoms with Crippen LogP contribution < -0.4 is 15.4 Å². The second-order valence-corrected chi connectivity index (χ2v) is 6.66. The fourth-order valence-electron chi connectivity index (χ4n) is 3.00. The van der Waals surface area contributed by atoms with Gasteiger partial charge >= 0.3 is 0 Å².